The summed E-state index contributed by atoms with van der Waals surface area (Å²) in [5.74, 6) is -7.26. The van der Waals surface area contributed by atoms with Crippen LogP contribution in [0.2, 0.25) is 0 Å². The van der Waals surface area contributed by atoms with Gasteiger partial charge < -0.3 is 4.74 Å². The van der Waals surface area contributed by atoms with E-state index in [0.29, 0.717) is 0 Å². The molecule has 0 atom stereocenters. The Balaban J connectivity index is 3.03. The van der Waals surface area contributed by atoms with Gasteiger partial charge in [-0.25, -0.2) is 4.79 Å². The van der Waals surface area contributed by atoms with Crippen molar-refractivity contribution in [1.82, 2.24) is 0 Å². The molecule has 0 spiro atoms. The molecule has 0 fully saturated rings. The van der Waals surface area contributed by atoms with Crippen LogP contribution >= 0.6 is 0 Å². The number of halogens is 2. The van der Waals surface area contributed by atoms with Crippen molar-refractivity contribution >= 4 is 11.8 Å². The molecule has 0 N–H and O–H groups in total. The Morgan fingerprint density at radius 2 is 1.73 bits per heavy atom. The first kappa shape index (κ1) is 11.3. The van der Waals surface area contributed by atoms with Gasteiger partial charge in [-0.3, -0.25) is 4.79 Å². The summed E-state index contributed by atoms with van der Waals surface area (Å²) in [5, 5.41) is 0. The SMILES string of the molecule is COC(=O)C(=O)C(F)(F)c1ccccc1. The molecule has 0 aromatic heterocycles. The van der Waals surface area contributed by atoms with Crippen molar-refractivity contribution in [2.45, 2.75) is 5.92 Å². The van der Waals surface area contributed by atoms with Crippen molar-refractivity contribution in [3.63, 3.8) is 0 Å². The van der Waals surface area contributed by atoms with Crippen molar-refractivity contribution in [3.8, 4) is 0 Å². The predicted molar refractivity (Wildman–Crippen MR) is 47.4 cm³/mol. The zero-order chi connectivity index (χ0) is 11.5. The summed E-state index contributed by atoms with van der Waals surface area (Å²) < 4.78 is 30.6. The molecule has 0 radical (unpaired) electrons. The number of esters is 1. The standard InChI is InChI=1S/C10H8F2O3/c1-15-9(14)8(13)10(11,12)7-5-3-2-4-6-7/h2-6H,1H3. The van der Waals surface area contributed by atoms with Gasteiger partial charge in [0, 0.05) is 5.56 Å². The molecule has 0 aliphatic heterocycles. The van der Waals surface area contributed by atoms with E-state index in [1.807, 2.05) is 0 Å². The third-order valence-electron chi connectivity index (χ3n) is 1.79. The average molecular weight is 214 g/mol. The van der Waals surface area contributed by atoms with Crippen molar-refractivity contribution < 1.29 is 23.1 Å². The predicted octanol–water partition coefficient (Wildman–Crippen LogP) is 1.52. The molecule has 80 valence electrons. The Morgan fingerprint density at radius 1 is 1.20 bits per heavy atom. The molecule has 1 aromatic rings. The van der Waals surface area contributed by atoms with Gasteiger partial charge in [0.2, 0.25) is 0 Å². The van der Waals surface area contributed by atoms with Gasteiger partial charge in [0.05, 0.1) is 7.11 Å². The molecule has 15 heavy (non-hydrogen) atoms. The Labute approximate surface area is 84.7 Å². The summed E-state index contributed by atoms with van der Waals surface area (Å²) in [6, 6.07) is 6.38. The summed E-state index contributed by atoms with van der Waals surface area (Å²) in [5.41, 5.74) is -0.527. The lowest BCUT2D eigenvalue weighted by Crippen LogP contribution is -2.33. The van der Waals surface area contributed by atoms with Crippen LogP contribution in [0.1, 0.15) is 5.56 Å². The number of carbonyl (C=O) groups excluding carboxylic acids is 2. The van der Waals surface area contributed by atoms with E-state index >= 15 is 0 Å². The molecule has 0 unspecified atom stereocenters. The number of ether oxygens (including phenoxy) is 1. The second-order valence-corrected chi connectivity index (χ2v) is 2.76. The summed E-state index contributed by atoms with van der Waals surface area (Å²) in [6.07, 6.45) is 0. The maximum Gasteiger partial charge on any atom is 0.381 e. The highest BCUT2D eigenvalue weighted by Gasteiger charge is 2.45. The van der Waals surface area contributed by atoms with Crippen molar-refractivity contribution in [3.05, 3.63) is 35.9 Å². The number of hydrogen-bond acceptors (Lipinski definition) is 3. The number of benzene rings is 1. The summed E-state index contributed by atoms with van der Waals surface area (Å²) in [7, 11) is 0.876. The summed E-state index contributed by atoms with van der Waals surface area (Å²) in [6.45, 7) is 0. The van der Waals surface area contributed by atoms with E-state index in [1.54, 1.807) is 0 Å². The van der Waals surface area contributed by atoms with Gasteiger partial charge in [0.25, 0.3) is 0 Å². The van der Waals surface area contributed by atoms with Crippen LogP contribution in [0.3, 0.4) is 0 Å². The van der Waals surface area contributed by atoms with Crippen LogP contribution in [-0.2, 0) is 20.2 Å². The Morgan fingerprint density at radius 3 is 2.20 bits per heavy atom. The molecule has 0 heterocycles. The van der Waals surface area contributed by atoms with Gasteiger partial charge in [-0.15, -0.1) is 0 Å². The second kappa shape index (κ2) is 4.16. The first-order valence-corrected chi connectivity index (χ1v) is 4.06. The number of methoxy groups -OCH3 is 1. The minimum absolute atomic E-state index is 0.527. The zero-order valence-electron chi connectivity index (χ0n) is 7.87. The summed E-state index contributed by atoms with van der Waals surface area (Å²) in [4.78, 5) is 21.7. The van der Waals surface area contributed by atoms with Crippen LogP contribution in [0.4, 0.5) is 8.78 Å². The number of rotatable bonds is 3. The highest BCUT2D eigenvalue weighted by atomic mass is 19.3. The third-order valence-corrected chi connectivity index (χ3v) is 1.79. The maximum atomic E-state index is 13.3. The van der Waals surface area contributed by atoms with Crippen molar-refractivity contribution in [2.24, 2.45) is 0 Å². The van der Waals surface area contributed by atoms with E-state index in [1.165, 1.54) is 18.2 Å². The van der Waals surface area contributed by atoms with Crippen LogP contribution in [0.25, 0.3) is 0 Å². The molecular formula is C10H8F2O3. The largest absolute Gasteiger partial charge is 0.463 e. The minimum atomic E-state index is -3.84. The quantitative estimate of drug-likeness (QED) is 0.566. The van der Waals surface area contributed by atoms with E-state index in [0.717, 1.165) is 19.2 Å². The Kier molecular flexibility index (Phi) is 3.14. The average Bonchev–Trinajstić information content (AvgIpc) is 2.28. The first-order valence-electron chi connectivity index (χ1n) is 4.06. The molecule has 5 heteroatoms. The van der Waals surface area contributed by atoms with Gasteiger partial charge in [-0.2, -0.15) is 8.78 Å². The monoisotopic (exact) mass is 214 g/mol. The fourth-order valence-corrected chi connectivity index (χ4v) is 0.999. The lowest BCUT2D eigenvalue weighted by atomic mass is 10.0. The number of hydrogen-bond donors (Lipinski definition) is 0. The van der Waals surface area contributed by atoms with E-state index in [2.05, 4.69) is 4.74 Å². The highest BCUT2D eigenvalue weighted by Crippen LogP contribution is 2.28. The minimum Gasteiger partial charge on any atom is -0.463 e. The van der Waals surface area contributed by atoms with Crippen molar-refractivity contribution in [2.75, 3.05) is 7.11 Å². The highest BCUT2D eigenvalue weighted by molar-refractivity contribution is 6.36. The van der Waals surface area contributed by atoms with E-state index in [4.69, 9.17) is 0 Å². The molecule has 1 aromatic carbocycles. The topological polar surface area (TPSA) is 43.4 Å². The van der Waals surface area contributed by atoms with Gasteiger partial charge >= 0.3 is 17.7 Å². The smallest absolute Gasteiger partial charge is 0.381 e. The van der Waals surface area contributed by atoms with E-state index in [-0.39, 0.29) is 0 Å². The molecule has 0 aliphatic rings. The van der Waals surface area contributed by atoms with Crippen molar-refractivity contribution in [1.29, 1.82) is 0 Å². The third kappa shape index (κ3) is 2.18. The number of ketones is 1. The van der Waals surface area contributed by atoms with Gasteiger partial charge in [0.1, 0.15) is 0 Å². The fraction of sp³-hybridized carbons (Fsp3) is 0.200. The van der Waals surface area contributed by atoms with Crippen LogP contribution in [-0.4, -0.2) is 18.9 Å². The number of Topliss-reactive ketones (excluding diaryl/α,β-unsaturated/α-hetero) is 1. The lowest BCUT2D eigenvalue weighted by molar-refractivity contribution is -0.165. The molecule has 1 rings (SSSR count). The van der Waals surface area contributed by atoms with Crippen LogP contribution in [0, 0.1) is 0 Å². The first-order chi connectivity index (χ1) is 7.00. The number of alkyl halides is 2. The van der Waals surface area contributed by atoms with Gasteiger partial charge in [-0.1, -0.05) is 30.3 Å². The van der Waals surface area contributed by atoms with Gasteiger partial charge in [0.15, 0.2) is 0 Å². The molecule has 0 bridgehead atoms. The molecule has 0 saturated heterocycles. The van der Waals surface area contributed by atoms with Crippen LogP contribution in [0.15, 0.2) is 30.3 Å². The molecule has 0 saturated carbocycles. The Hall–Kier alpha value is -1.78. The molecule has 0 aliphatic carbocycles. The van der Waals surface area contributed by atoms with Gasteiger partial charge in [-0.05, 0) is 0 Å². The zero-order valence-corrected chi connectivity index (χ0v) is 7.87. The molecular weight excluding hydrogens is 206 g/mol. The number of carbonyl (C=O) groups is 2. The Bertz CT molecular complexity index is 374. The normalized spacial score (nSPS) is 10.9. The lowest BCUT2D eigenvalue weighted by Gasteiger charge is -2.13. The van der Waals surface area contributed by atoms with E-state index in [9.17, 15) is 18.4 Å². The summed E-state index contributed by atoms with van der Waals surface area (Å²) >= 11 is 0. The second-order valence-electron chi connectivity index (χ2n) is 2.76. The van der Waals surface area contributed by atoms with Crippen LogP contribution < -0.4 is 0 Å². The maximum absolute atomic E-state index is 13.3. The molecule has 3 nitrogen and oxygen atoms in total. The van der Waals surface area contributed by atoms with E-state index < -0.39 is 23.2 Å². The fourth-order valence-electron chi connectivity index (χ4n) is 0.999. The molecule has 0 amide bonds. The van der Waals surface area contributed by atoms with Crippen LogP contribution in [0.5, 0.6) is 0 Å².